The number of benzene rings is 2. The summed E-state index contributed by atoms with van der Waals surface area (Å²) >= 11 is 5.84. The van der Waals surface area contributed by atoms with Crippen LogP contribution in [0.25, 0.3) is 10.9 Å². The van der Waals surface area contributed by atoms with Gasteiger partial charge in [0.15, 0.2) is 0 Å². The standard InChI is InChI=1S/C15H11ClFN3/c16-9-6-10(17)8-11(7-9)20-14-4-3-13(18)12-2-1-5-19-15(12)14/h1-8,20H,18H2. The second kappa shape index (κ2) is 4.98. The summed E-state index contributed by atoms with van der Waals surface area (Å²) in [7, 11) is 0. The van der Waals surface area contributed by atoms with Gasteiger partial charge in [0, 0.05) is 28.0 Å². The molecule has 0 fully saturated rings. The molecule has 5 heteroatoms. The van der Waals surface area contributed by atoms with Gasteiger partial charge < -0.3 is 11.1 Å². The van der Waals surface area contributed by atoms with E-state index in [1.54, 1.807) is 18.3 Å². The van der Waals surface area contributed by atoms with Crippen molar-refractivity contribution in [1.82, 2.24) is 4.98 Å². The molecule has 0 spiro atoms. The number of rotatable bonds is 2. The predicted octanol–water partition coefficient (Wildman–Crippen LogP) is 4.35. The zero-order chi connectivity index (χ0) is 14.1. The van der Waals surface area contributed by atoms with Crippen molar-refractivity contribution in [2.45, 2.75) is 0 Å². The van der Waals surface area contributed by atoms with Crippen molar-refractivity contribution < 1.29 is 4.39 Å². The number of fused-ring (bicyclic) bond motifs is 1. The first-order valence-electron chi connectivity index (χ1n) is 6.00. The van der Waals surface area contributed by atoms with E-state index in [2.05, 4.69) is 10.3 Å². The minimum Gasteiger partial charge on any atom is -0.398 e. The van der Waals surface area contributed by atoms with Crippen molar-refractivity contribution in [3.8, 4) is 0 Å². The van der Waals surface area contributed by atoms with Gasteiger partial charge in [0.05, 0.1) is 11.2 Å². The Morgan fingerprint density at radius 1 is 1.15 bits per heavy atom. The maximum Gasteiger partial charge on any atom is 0.126 e. The Hall–Kier alpha value is -2.33. The molecule has 3 aromatic rings. The monoisotopic (exact) mass is 287 g/mol. The second-order valence-electron chi connectivity index (χ2n) is 4.39. The first kappa shape index (κ1) is 12.7. The molecule has 0 saturated heterocycles. The van der Waals surface area contributed by atoms with Gasteiger partial charge in [-0.05, 0) is 42.5 Å². The van der Waals surface area contributed by atoms with E-state index >= 15 is 0 Å². The molecule has 0 radical (unpaired) electrons. The number of nitrogens with one attached hydrogen (secondary N) is 1. The van der Waals surface area contributed by atoms with E-state index in [1.165, 1.54) is 12.1 Å². The van der Waals surface area contributed by atoms with Crippen LogP contribution in [0, 0.1) is 5.82 Å². The van der Waals surface area contributed by atoms with Gasteiger partial charge in [0.25, 0.3) is 0 Å². The molecule has 0 aliphatic heterocycles. The maximum atomic E-state index is 13.3. The third-order valence-corrected chi connectivity index (χ3v) is 3.16. The highest BCUT2D eigenvalue weighted by molar-refractivity contribution is 6.30. The lowest BCUT2D eigenvalue weighted by Crippen LogP contribution is -1.96. The van der Waals surface area contributed by atoms with Gasteiger partial charge in [-0.25, -0.2) is 4.39 Å². The first-order chi connectivity index (χ1) is 9.63. The van der Waals surface area contributed by atoms with Crippen molar-refractivity contribution in [2.24, 2.45) is 0 Å². The average Bonchev–Trinajstić information content (AvgIpc) is 2.41. The smallest absolute Gasteiger partial charge is 0.126 e. The van der Waals surface area contributed by atoms with Crippen LogP contribution in [0.15, 0.2) is 48.7 Å². The Bertz CT molecular complexity index is 769. The molecule has 20 heavy (non-hydrogen) atoms. The van der Waals surface area contributed by atoms with Crippen LogP contribution in [-0.2, 0) is 0 Å². The van der Waals surface area contributed by atoms with E-state index in [1.807, 2.05) is 18.2 Å². The molecule has 0 aliphatic rings. The number of pyridine rings is 1. The highest BCUT2D eigenvalue weighted by Gasteiger charge is 2.06. The second-order valence-corrected chi connectivity index (χ2v) is 4.82. The summed E-state index contributed by atoms with van der Waals surface area (Å²) in [6.07, 6.45) is 1.69. The number of hydrogen-bond donors (Lipinski definition) is 2. The summed E-state index contributed by atoms with van der Waals surface area (Å²) in [4.78, 5) is 4.31. The lowest BCUT2D eigenvalue weighted by molar-refractivity contribution is 0.628. The minimum absolute atomic E-state index is 0.334. The average molecular weight is 288 g/mol. The molecule has 0 amide bonds. The van der Waals surface area contributed by atoms with Crippen LogP contribution in [-0.4, -0.2) is 4.98 Å². The van der Waals surface area contributed by atoms with Gasteiger partial charge in [0.2, 0.25) is 0 Å². The highest BCUT2D eigenvalue weighted by atomic mass is 35.5. The molecule has 100 valence electrons. The van der Waals surface area contributed by atoms with Crippen molar-refractivity contribution >= 4 is 39.6 Å². The number of halogens is 2. The van der Waals surface area contributed by atoms with Gasteiger partial charge in [-0.1, -0.05) is 11.6 Å². The fourth-order valence-electron chi connectivity index (χ4n) is 2.08. The maximum absolute atomic E-state index is 13.3. The van der Waals surface area contributed by atoms with E-state index < -0.39 is 5.82 Å². The topological polar surface area (TPSA) is 50.9 Å². The van der Waals surface area contributed by atoms with E-state index in [0.717, 1.165) is 16.6 Å². The quantitative estimate of drug-likeness (QED) is 0.689. The van der Waals surface area contributed by atoms with Crippen LogP contribution < -0.4 is 11.1 Å². The molecule has 3 N–H and O–H groups in total. The molecule has 0 saturated carbocycles. The van der Waals surface area contributed by atoms with E-state index in [9.17, 15) is 4.39 Å². The molecule has 0 aliphatic carbocycles. The number of nitrogens with zero attached hydrogens (tertiary/aromatic N) is 1. The summed E-state index contributed by atoms with van der Waals surface area (Å²) in [6.45, 7) is 0. The molecule has 3 rings (SSSR count). The number of nitrogen functional groups attached to an aromatic ring is 1. The summed E-state index contributed by atoms with van der Waals surface area (Å²) in [5.74, 6) is -0.396. The third kappa shape index (κ3) is 2.38. The number of nitrogens with two attached hydrogens (primary N) is 1. The van der Waals surface area contributed by atoms with E-state index in [-0.39, 0.29) is 0 Å². The fourth-order valence-corrected chi connectivity index (χ4v) is 2.30. The number of aromatic nitrogens is 1. The van der Waals surface area contributed by atoms with E-state index in [4.69, 9.17) is 17.3 Å². The number of hydrogen-bond acceptors (Lipinski definition) is 3. The van der Waals surface area contributed by atoms with Gasteiger partial charge >= 0.3 is 0 Å². The molecule has 0 atom stereocenters. The molecule has 0 bridgehead atoms. The molecule has 1 heterocycles. The van der Waals surface area contributed by atoms with Crippen molar-refractivity contribution in [3.63, 3.8) is 0 Å². The number of anilines is 3. The van der Waals surface area contributed by atoms with Crippen LogP contribution in [0.1, 0.15) is 0 Å². The normalized spacial score (nSPS) is 10.7. The molecular formula is C15H11ClFN3. The molecular weight excluding hydrogens is 277 g/mol. The third-order valence-electron chi connectivity index (χ3n) is 2.94. The lowest BCUT2D eigenvalue weighted by Gasteiger charge is -2.11. The molecule has 3 nitrogen and oxygen atoms in total. The Kier molecular flexibility index (Phi) is 3.16. The molecule has 0 unspecified atom stereocenters. The molecule has 2 aromatic carbocycles. The summed E-state index contributed by atoms with van der Waals surface area (Å²) in [5.41, 5.74) is 8.60. The zero-order valence-corrected chi connectivity index (χ0v) is 11.2. The van der Waals surface area contributed by atoms with Gasteiger partial charge in [0.1, 0.15) is 5.82 Å². The Balaban J connectivity index is 2.09. The Morgan fingerprint density at radius 3 is 2.80 bits per heavy atom. The minimum atomic E-state index is -0.396. The highest BCUT2D eigenvalue weighted by Crippen LogP contribution is 2.29. The van der Waals surface area contributed by atoms with Crippen LogP contribution in [0.3, 0.4) is 0 Å². The van der Waals surface area contributed by atoms with Crippen LogP contribution >= 0.6 is 11.6 Å². The summed E-state index contributed by atoms with van der Waals surface area (Å²) in [5, 5.41) is 4.29. The largest absolute Gasteiger partial charge is 0.398 e. The van der Waals surface area contributed by atoms with Crippen molar-refractivity contribution in [3.05, 3.63) is 59.5 Å². The van der Waals surface area contributed by atoms with Crippen LogP contribution in [0.4, 0.5) is 21.5 Å². The summed E-state index contributed by atoms with van der Waals surface area (Å²) < 4.78 is 13.3. The van der Waals surface area contributed by atoms with Crippen LogP contribution in [0.2, 0.25) is 5.02 Å². The van der Waals surface area contributed by atoms with Gasteiger partial charge in [-0.2, -0.15) is 0 Å². The van der Waals surface area contributed by atoms with Crippen molar-refractivity contribution in [1.29, 1.82) is 0 Å². The Labute approximate surface area is 120 Å². The van der Waals surface area contributed by atoms with Gasteiger partial charge in [-0.15, -0.1) is 0 Å². The van der Waals surface area contributed by atoms with Crippen LogP contribution in [0.5, 0.6) is 0 Å². The van der Waals surface area contributed by atoms with Gasteiger partial charge in [-0.3, -0.25) is 4.98 Å². The lowest BCUT2D eigenvalue weighted by atomic mass is 10.1. The fraction of sp³-hybridized carbons (Fsp3) is 0. The van der Waals surface area contributed by atoms with E-state index in [0.29, 0.717) is 16.4 Å². The SMILES string of the molecule is Nc1ccc(Nc2cc(F)cc(Cl)c2)c2ncccc12. The molecule has 1 aromatic heterocycles. The zero-order valence-electron chi connectivity index (χ0n) is 10.4. The Morgan fingerprint density at radius 2 is 2.00 bits per heavy atom. The van der Waals surface area contributed by atoms with Crippen molar-refractivity contribution in [2.75, 3.05) is 11.1 Å². The first-order valence-corrected chi connectivity index (χ1v) is 6.37. The predicted molar refractivity (Wildman–Crippen MR) is 80.8 cm³/mol. The summed E-state index contributed by atoms with van der Waals surface area (Å²) in [6, 6.07) is 11.6.